The topological polar surface area (TPSA) is 88.1 Å². The predicted octanol–water partition coefficient (Wildman–Crippen LogP) is 2.37. The minimum absolute atomic E-state index is 0.309. The van der Waals surface area contributed by atoms with Crippen LogP contribution in [-0.4, -0.2) is 39.9 Å². The summed E-state index contributed by atoms with van der Waals surface area (Å²) in [7, 11) is -2.25. The van der Waals surface area contributed by atoms with Crippen LogP contribution in [0.3, 0.4) is 0 Å². The van der Waals surface area contributed by atoms with Crippen LogP contribution in [0.1, 0.15) is 17.4 Å². The van der Waals surface area contributed by atoms with E-state index in [-0.39, 0.29) is 0 Å². The summed E-state index contributed by atoms with van der Waals surface area (Å²) in [6.45, 7) is 3.20. The highest BCUT2D eigenvalue weighted by Crippen LogP contribution is 2.30. The van der Waals surface area contributed by atoms with Crippen molar-refractivity contribution in [2.24, 2.45) is 5.10 Å². The number of amides is 1. The highest BCUT2D eigenvalue weighted by Gasteiger charge is 2.24. The lowest BCUT2D eigenvalue weighted by atomic mass is 10.2. The van der Waals surface area contributed by atoms with Crippen molar-refractivity contribution in [3.63, 3.8) is 0 Å². The summed E-state index contributed by atoms with van der Waals surface area (Å²) >= 11 is 1.50. The molecule has 1 amide bonds. The second-order valence-electron chi connectivity index (χ2n) is 5.65. The molecule has 1 N–H and O–H groups in total. The Kier molecular flexibility index (Phi) is 6.38. The zero-order chi connectivity index (χ0) is 19.3. The van der Waals surface area contributed by atoms with Crippen LogP contribution < -0.4 is 14.5 Å². The number of benzene rings is 1. The minimum atomic E-state index is -3.70. The molecule has 2 rings (SSSR count). The number of sulfonamides is 1. The molecule has 0 radical (unpaired) electrons. The average Bonchev–Trinajstić information content (AvgIpc) is 3.11. The van der Waals surface area contributed by atoms with E-state index in [0.717, 1.165) is 21.0 Å². The van der Waals surface area contributed by atoms with Gasteiger partial charge in [-0.1, -0.05) is 12.1 Å². The van der Waals surface area contributed by atoms with E-state index in [2.05, 4.69) is 10.5 Å². The quantitative estimate of drug-likeness (QED) is 0.576. The van der Waals surface area contributed by atoms with Gasteiger partial charge >= 0.3 is 0 Å². The number of nitrogens with zero attached hydrogens (tertiary/aromatic N) is 2. The Morgan fingerprint density at radius 3 is 2.65 bits per heavy atom. The van der Waals surface area contributed by atoms with Crippen LogP contribution in [0.4, 0.5) is 5.69 Å². The predicted molar refractivity (Wildman–Crippen MR) is 105 cm³/mol. The maximum absolute atomic E-state index is 12.3. The number of carbonyl (C=O) groups excluding carboxylic acids is 1. The first kappa shape index (κ1) is 19.9. The molecule has 0 spiro atoms. The van der Waals surface area contributed by atoms with Crippen molar-refractivity contribution in [3.05, 3.63) is 46.2 Å². The van der Waals surface area contributed by atoms with E-state index in [0.29, 0.717) is 17.1 Å². The Hall–Kier alpha value is -2.39. The molecule has 1 aromatic heterocycles. The molecule has 0 bridgehead atoms. The van der Waals surface area contributed by atoms with Gasteiger partial charge in [0.1, 0.15) is 12.3 Å². The van der Waals surface area contributed by atoms with Crippen molar-refractivity contribution >= 4 is 38.7 Å². The van der Waals surface area contributed by atoms with E-state index in [1.54, 1.807) is 25.1 Å². The molecule has 0 fully saturated rings. The first-order valence-electron chi connectivity index (χ1n) is 7.71. The smallest absolute Gasteiger partial charge is 0.260 e. The number of hydrogen-bond donors (Lipinski definition) is 1. The number of aryl methyl sites for hydroxylation is 1. The molecule has 9 heteroatoms. The van der Waals surface area contributed by atoms with Crippen LogP contribution in [0.25, 0.3) is 0 Å². The Labute approximate surface area is 157 Å². The van der Waals surface area contributed by atoms with E-state index in [4.69, 9.17) is 4.74 Å². The number of ether oxygens (including phenoxy) is 1. The van der Waals surface area contributed by atoms with E-state index in [1.165, 1.54) is 18.4 Å². The molecule has 0 aliphatic heterocycles. The Balaban J connectivity index is 2.23. The van der Waals surface area contributed by atoms with Gasteiger partial charge in [0, 0.05) is 4.88 Å². The fourth-order valence-electron chi connectivity index (χ4n) is 2.23. The monoisotopic (exact) mass is 395 g/mol. The molecule has 2 aromatic rings. The van der Waals surface area contributed by atoms with Crippen molar-refractivity contribution in [1.82, 2.24) is 5.43 Å². The lowest BCUT2D eigenvalue weighted by Gasteiger charge is -2.23. The van der Waals surface area contributed by atoms with Gasteiger partial charge in [0.2, 0.25) is 10.0 Å². The van der Waals surface area contributed by atoms with Gasteiger partial charge in [-0.05, 0) is 43.0 Å². The van der Waals surface area contributed by atoms with Gasteiger partial charge in [-0.15, -0.1) is 11.3 Å². The van der Waals surface area contributed by atoms with Gasteiger partial charge in [0.05, 0.1) is 24.8 Å². The maximum Gasteiger partial charge on any atom is 0.260 e. The molecule has 0 saturated carbocycles. The lowest BCUT2D eigenvalue weighted by Crippen LogP contribution is -2.39. The van der Waals surface area contributed by atoms with Crippen molar-refractivity contribution in [1.29, 1.82) is 0 Å². The molecule has 1 aromatic carbocycles. The Morgan fingerprint density at radius 2 is 2.08 bits per heavy atom. The molecule has 1 heterocycles. The van der Waals surface area contributed by atoms with Crippen molar-refractivity contribution < 1.29 is 17.9 Å². The summed E-state index contributed by atoms with van der Waals surface area (Å²) in [5.41, 5.74) is 4.21. The maximum atomic E-state index is 12.3. The summed E-state index contributed by atoms with van der Waals surface area (Å²) in [5, 5.41) is 5.94. The minimum Gasteiger partial charge on any atom is -0.495 e. The summed E-state index contributed by atoms with van der Waals surface area (Å²) in [6.07, 6.45) is 1.04. The molecular formula is C17H21N3O4S2. The molecule has 26 heavy (non-hydrogen) atoms. The highest BCUT2D eigenvalue weighted by molar-refractivity contribution is 7.92. The zero-order valence-electron chi connectivity index (χ0n) is 15.0. The summed E-state index contributed by atoms with van der Waals surface area (Å²) in [5.74, 6) is -0.179. The van der Waals surface area contributed by atoms with E-state index >= 15 is 0 Å². The van der Waals surface area contributed by atoms with Crippen LogP contribution in [-0.2, 0) is 14.8 Å². The fourth-order valence-corrected chi connectivity index (χ4v) is 3.76. The van der Waals surface area contributed by atoms with Crippen LogP contribution in [0.2, 0.25) is 0 Å². The third kappa shape index (κ3) is 5.06. The third-order valence-corrected chi connectivity index (χ3v) is 5.62. The second kappa shape index (κ2) is 8.33. The van der Waals surface area contributed by atoms with Gasteiger partial charge in [-0.2, -0.15) is 5.10 Å². The Bertz CT molecular complexity index is 906. The molecule has 0 aliphatic rings. The van der Waals surface area contributed by atoms with Crippen LogP contribution >= 0.6 is 11.3 Å². The SMILES string of the molecule is COc1ccc(C)cc1N(CC(=O)N/N=C(/C)c1cccs1)S(C)(=O)=O. The van der Waals surface area contributed by atoms with E-state index in [9.17, 15) is 13.2 Å². The molecule has 0 unspecified atom stereocenters. The first-order chi connectivity index (χ1) is 12.2. The second-order valence-corrected chi connectivity index (χ2v) is 8.51. The number of methoxy groups -OCH3 is 1. The molecule has 0 atom stereocenters. The normalized spacial score (nSPS) is 11.9. The largest absolute Gasteiger partial charge is 0.495 e. The van der Waals surface area contributed by atoms with Crippen molar-refractivity contribution in [2.45, 2.75) is 13.8 Å². The van der Waals surface area contributed by atoms with Gasteiger partial charge in [-0.25, -0.2) is 13.8 Å². The summed E-state index contributed by atoms with van der Waals surface area (Å²) < 4.78 is 30.7. The number of carbonyl (C=O) groups is 1. The summed E-state index contributed by atoms with van der Waals surface area (Å²) in [6, 6.07) is 8.90. The number of nitrogens with one attached hydrogen (secondary N) is 1. The average molecular weight is 396 g/mol. The number of anilines is 1. The fraction of sp³-hybridized carbons (Fsp3) is 0.294. The first-order valence-corrected chi connectivity index (χ1v) is 10.4. The van der Waals surface area contributed by atoms with Gasteiger partial charge < -0.3 is 4.74 Å². The number of rotatable bonds is 7. The van der Waals surface area contributed by atoms with E-state index in [1.807, 2.05) is 24.4 Å². The lowest BCUT2D eigenvalue weighted by molar-refractivity contribution is -0.119. The molecule has 0 saturated heterocycles. The molecule has 140 valence electrons. The third-order valence-electron chi connectivity index (χ3n) is 3.52. The van der Waals surface area contributed by atoms with Crippen molar-refractivity contribution in [3.8, 4) is 5.75 Å². The molecular weight excluding hydrogens is 374 g/mol. The molecule has 0 aliphatic carbocycles. The highest BCUT2D eigenvalue weighted by atomic mass is 32.2. The zero-order valence-corrected chi connectivity index (χ0v) is 16.6. The summed E-state index contributed by atoms with van der Waals surface area (Å²) in [4.78, 5) is 13.2. The van der Waals surface area contributed by atoms with Gasteiger partial charge in [-0.3, -0.25) is 9.10 Å². The standard InChI is InChI=1S/C17H21N3O4S2/c1-12-7-8-15(24-3)14(10-12)20(26(4,22)23)11-17(21)19-18-13(2)16-6-5-9-25-16/h5-10H,11H2,1-4H3,(H,19,21)/b18-13-. The molecule has 7 nitrogen and oxygen atoms in total. The van der Waals surface area contributed by atoms with E-state index < -0.39 is 22.5 Å². The Morgan fingerprint density at radius 1 is 1.35 bits per heavy atom. The van der Waals surface area contributed by atoms with Crippen LogP contribution in [0.5, 0.6) is 5.75 Å². The van der Waals surface area contributed by atoms with Crippen LogP contribution in [0, 0.1) is 6.92 Å². The number of hydrogen-bond acceptors (Lipinski definition) is 6. The van der Waals surface area contributed by atoms with Crippen LogP contribution in [0.15, 0.2) is 40.8 Å². The van der Waals surface area contributed by atoms with Gasteiger partial charge in [0.15, 0.2) is 0 Å². The number of thiophene rings is 1. The van der Waals surface area contributed by atoms with Gasteiger partial charge in [0.25, 0.3) is 5.91 Å². The van der Waals surface area contributed by atoms with Crippen molar-refractivity contribution in [2.75, 3.05) is 24.2 Å². The number of hydrazone groups is 1.